The first-order valence-electron chi connectivity index (χ1n) is 6.51. The largest absolute Gasteiger partial charge is 0.493 e. The van der Waals surface area contributed by atoms with Crippen LogP contribution in [0.2, 0.25) is 0 Å². The van der Waals surface area contributed by atoms with Gasteiger partial charge in [0.05, 0.1) is 11.5 Å². The van der Waals surface area contributed by atoms with Crippen LogP contribution in [0.25, 0.3) is 11.3 Å². The maximum Gasteiger partial charge on any atom is 0.316 e. The zero-order chi connectivity index (χ0) is 15.4. The molecule has 1 heterocycles. The number of hydrogen-bond donors (Lipinski definition) is 1. The van der Waals surface area contributed by atoms with Crippen LogP contribution < -0.4 is 10.1 Å². The van der Waals surface area contributed by atoms with Crippen LogP contribution in [0, 0.1) is 17.0 Å². The molecule has 0 spiro atoms. The molecule has 0 aliphatic carbocycles. The van der Waals surface area contributed by atoms with Gasteiger partial charge in [-0.15, -0.1) is 0 Å². The van der Waals surface area contributed by atoms with Crippen molar-refractivity contribution in [2.24, 2.45) is 0 Å². The van der Waals surface area contributed by atoms with Gasteiger partial charge in [0.15, 0.2) is 5.69 Å². The maximum absolute atomic E-state index is 11.3. The Hall–Kier alpha value is -2.70. The lowest BCUT2D eigenvalue weighted by molar-refractivity contribution is -0.385. The second-order valence-corrected chi connectivity index (χ2v) is 4.27. The molecular formula is C14H16N4O3. The van der Waals surface area contributed by atoms with E-state index in [9.17, 15) is 10.1 Å². The van der Waals surface area contributed by atoms with Crippen molar-refractivity contribution in [1.29, 1.82) is 0 Å². The highest BCUT2D eigenvalue weighted by Crippen LogP contribution is 2.36. The van der Waals surface area contributed by atoms with Crippen LogP contribution in [0.3, 0.4) is 0 Å². The SMILES string of the molecule is CCOc1ccccc1-c1nc(NC)nc(C)c1[N+](=O)[O-]. The van der Waals surface area contributed by atoms with Crippen LogP contribution in [0.15, 0.2) is 24.3 Å². The highest BCUT2D eigenvalue weighted by atomic mass is 16.6. The Kier molecular flexibility index (Phi) is 4.32. The molecule has 0 radical (unpaired) electrons. The highest BCUT2D eigenvalue weighted by Gasteiger charge is 2.25. The minimum Gasteiger partial charge on any atom is -0.493 e. The second kappa shape index (κ2) is 6.17. The molecule has 1 N–H and O–H groups in total. The third-order valence-corrected chi connectivity index (χ3v) is 2.91. The Labute approximate surface area is 122 Å². The van der Waals surface area contributed by atoms with Crippen molar-refractivity contribution in [3.8, 4) is 17.0 Å². The molecule has 0 saturated carbocycles. The van der Waals surface area contributed by atoms with Crippen molar-refractivity contribution in [3.05, 3.63) is 40.1 Å². The van der Waals surface area contributed by atoms with Crippen molar-refractivity contribution < 1.29 is 9.66 Å². The Morgan fingerprint density at radius 3 is 2.67 bits per heavy atom. The molecule has 0 fully saturated rings. The number of hydrogen-bond acceptors (Lipinski definition) is 6. The Morgan fingerprint density at radius 1 is 1.33 bits per heavy atom. The van der Waals surface area contributed by atoms with E-state index in [1.54, 1.807) is 32.2 Å². The van der Waals surface area contributed by atoms with Gasteiger partial charge in [0, 0.05) is 12.6 Å². The lowest BCUT2D eigenvalue weighted by atomic mass is 10.1. The van der Waals surface area contributed by atoms with E-state index in [1.807, 2.05) is 13.0 Å². The first kappa shape index (κ1) is 14.7. The van der Waals surface area contributed by atoms with Gasteiger partial charge in [-0.25, -0.2) is 9.97 Å². The monoisotopic (exact) mass is 288 g/mol. The number of anilines is 1. The van der Waals surface area contributed by atoms with Gasteiger partial charge >= 0.3 is 5.69 Å². The number of aryl methyl sites for hydroxylation is 1. The van der Waals surface area contributed by atoms with E-state index in [1.165, 1.54) is 0 Å². The van der Waals surface area contributed by atoms with E-state index < -0.39 is 4.92 Å². The maximum atomic E-state index is 11.3. The molecule has 0 bridgehead atoms. The summed E-state index contributed by atoms with van der Waals surface area (Å²) in [4.78, 5) is 19.2. The molecule has 1 aromatic heterocycles. The van der Waals surface area contributed by atoms with E-state index in [-0.39, 0.29) is 11.4 Å². The molecule has 110 valence electrons. The lowest BCUT2D eigenvalue weighted by Gasteiger charge is -2.11. The van der Waals surface area contributed by atoms with Crippen LogP contribution >= 0.6 is 0 Å². The van der Waals surface area contributed by atoms with Gasteiger partial charge in [0.25, 0.3) is 0 Å². The van der Waals surface area contributed by atoms with Gasteiger partial charge in [-0.05, 0) is 26.0 Å². The molecule has 7 nitrogen and oxygen atoms in total. The van der Waals surface area contributed by atoms with E-state index in [4.69, 9.17) is 4.74 Å². The van der Waals surface area contributed by atoms with Crippen LogP contribution in [-0.2, 0) is 0 Å². The van der Waals surface area contributed by atoms with E-state index in [0.29, 0.717) is 29.6 Å². The smallest absolute Gasteiger partial charge is 0.316 e. The molecule has 21 heavy (non-hydrogen) atoms. The van der Waals surface area contributed by atoms with Crippen LogP contribution in [-0.4, -0.2) is 28.5 Å². The summed E-state index contributed by atoms with van der Waals surface area (Å²) in [5.41, 5.74) is 1.02. The molecule has 0 aliphatic rings. The number of para-hydroxylation sites is 1. The molecular weight excluding hydrogens is 272 g/mol. The molecule has 0 aliphatic heterocycles. The predicted octanol–water partition coefficient (Wildman–Crippen LogP) is 2.80. The van der Waals surface area contributed by atoms with Crippen LogP contribution in [0.5, 0.6) is 5.75 Å². The number of nitrogens with one attached hydrogen (secondary N) is 1. The summed E-state index contributed by atoms with van der Waals surface area (Å²) in [6, 6.07) is 7.11. The van der Waals surface area contributed by atoms with Crippen molar-refractivity contribution >= 4 is 11.6 Å². The summed E-state index contributed by atoms with van der Waals surface area (Å²) < 4.78 is 5.54. The first-order valence-corrected chi connectivity index (χ1v) is 6.51. The lowest BCUT2D eigenvalue weighted by Crippen LogP contribution is -2.06. The highest BCUT2D eigenvalue weighted by molar-refractivity contribution is 5.76. The van der Waals surface area contributed by atoms with E-state index >= 15 is 0 Å². The molecule has 0 amide bonds. The molecule has 2 aromatic rings. The van der Waals surface area contributed by atoms with Crippen molar-refractivity contribution in [2.75, 3.05) is 19.0 Å². The third kappa shape index (κ3) is 2.91. The normalized spacial score (nSPS) is 10.2. The second-order valence-electron chi connectivity index (χ2n) is 4.27. The average molecular weight is 288 g/mol. The van der Waals surface area contributed by atoms with Crippen molar-refractivity contribution in [2.45, 2.75) is 13.8 Å². The van der Waals surface area contributed by atoms with Crippen molar-refractivity contribution in [3.63, 3.8) is 0 Å². The average Bonchev–Trinajstić information content (AvgIpc) is 2.46. The van der Waals surface area contributed by atoms with Gasteiger partial charge < -0.3 is 10.1 Å². The summed E-state index contributed by atoms with van der Waals surface area (Å²) in [5.74, 6) is 0.891. The standard InChI is InChI=1S/C14H16N4O3/c1-4-21-11-8-6-5-7-10(11)12-13(18(19)20)9(2)16-14(15-3)17-12/h5-8H,4H2,1-3H3,(H,15,16,17). The summed E-state index contributed by atoms with van der Waals surface area (Å²) in [6.07, 6.45) is 0. The van der Waals surface area contributed by atoms with Gasteiger partial charge in [-0.1, -0.05) is 12.1 Å². The van der Waals surface area contributed by atoms with Crippen LogP contribution in [0.4, 0.5) is 11.6 Å². The fraction of sp³-hybridized carbons (Fsp3) is 0.286. The quantitative estimate of drug-likeness (QED) is 0.672. The minimum atomic E-state index is -0.465. The van der Waals surface area contributed by atoms with Gasteiger partial charge in [-0.2, -0.15) is 0 Å². The van der Waals surface area contributed by atoms with Crippen LogP contribution in [0.1, 0.15) is 12.6 Å². The number of benzene rings is 1. The van der Waals surface area contributed by atoms with E-state index in [2.05, 4.69) is 15.3 Å². The molecule has 7 heteroatoms. The Morgan fingerprint density at radius 2 is 2.05 bits per heavy atom. The minimum absolute atomic E-state index is 0.110. The molecule has 2 rings (SSSR count). The Balaban J connectivity index is 2.72. The number of nitrogens with zero attached hydrogens (tertiary/aromatic N) is 3. The zero-order valence-corrected chi connectivity index (χ0v) is 12.1. The summed E-state index contributed by atoms with van der Waals surface area (Å²) in [7, 11) is 1.67. The topological polar surface area (TPSA) is 90.2 Å². The summed E-state index contributed by atoms with van der Waals surface area (Å²) in [6.45, 7) is 3.91. The number of nitro groups is 1. The molecule has 0 saturated heterocycles. The molecule has 0 unspecified atom stereocenters. The van der Waals surface area contributed by atoms with Crippen molar-refractivity contribution in [1.82, 2.24) is 9.97 Å². The van der Waals surface area contributed by atoms with Gasteiger partial charge in [-0.3, -0.25) is 10.1 Å². The summed E-state index contributed by atoms with van der Waals surface area (Å²) in [5, 5.41) is 14.2. The van der Waals surface area contributed by atoms with Gasteiger partial charge in [0.1, 0.15) is 11.4 Å². The predicted molar refractivity (Wildman–Crippen MR) is 79.6 cm³/mol. The number of ether oxygens (including phenoxy) is 1. The molecule has 1 aromatic carbocycles. The third-order valence-electron chi connectivity index (χ3n) is 2.91. The fourth-order valence-electron chi connectivity index (χ4n) is 2.03. The Bertz CT molecular complexity index is 673. The number of rotatable bonds is 5. The fourth-order valence-corrected chi connectivity index (χ4v) is 2.03. The zero-order valence-electron chi connectivity index (χ0n) is 12.1. The number of aromatic nitrogens is 2. The first-order chi connectivity index (χ1) is 10.1. The van der Waals surface area contributed by atoms with E-state index in [0.717, 1.165) is 0 Å². The van der Waals surface area contributed by atoms with Gasteiger partial charge in [0.2, 0.25) is 5.95 Å². The summed E-state index contributed by atoms with van der Waals surface area (Å²) >= 11 is 0. The molecule has 0 atom stereocenters.